The molecule has 0 aliphatic carbocycles. The van der Waals surface area contributed by atoms with Crippen LogP contribution in [0.2, 0.25) is 0 Å². The van der Waals surface area contributed by atoms with Crippen LogP contribution in [0.15, 0.2) is 24.2 Å². The van der Waals surface area contributed by atoms with Crippen LogP contribution >= 0.6 is 0 Å². The molecule has 0 fully saturated rings. The second-order valence-electron chi connectivity index (χ2n) is 3.56. The molecule has 18 heavy (non-hydrogen) atoms. The monoisotopic (exact) mass is 265 g/mol. The molecule has 1 aliphatic heterocycles. The van der Waals surface area contributed by atoms with Crippen molar-refractivity contribution in [2.24, 2.45) is 0 Å². The van der Waals surface area contributed by atoms with Crippen LogP contribution in [0.25, 0.3) is 0 Å². The van der Waals surface area contributed by atoms with E-state index in [0.717, 1.165) is 0 Å². The van der Waals surface area contributed by atoms with Gasteiger partial charge in [-0.3, -0.25) is 4.74 Å². The molecule has 5 nitrogen and oxygen atoms in total. The van der Waals surface area contributed by atoms with E-state index in [1.807, 2.05) is 0 Å². The number of para-hydroxylation sites is 1. The van der Waals surface area contributed by atoms with E-state index < -0.39 is 89.6 Å². The Morgan fingerprint density at radius 3 is 2.61 bits per heavy atom. The molecule has 0 bridgehead atoms. The van der Waals surface area contributed by atoms with Gasteiger partial charge in [-0.2, -0.15) is 0 Å². The molecule has 1 aliphatic rings. The number of nitrogens with zero attached hydrogens (tertiary/aromatic N) is 2. The van der Waals surface area contributed by atoms with Gasteiger partial charge in [0.1, 0.15) is 16.9 Å². The van der Waals surface area contributed by atoms with Crippen molar-refractivity contribution in [2.75, 3.05) is 0 Å². The molecule has 1 N–H and O–H groups in total. The van der Waals surface area contributed by atoms with Gasteiger partial charge in [-0.05, 0) is 39.5 Å². The molecule has 0 saturated heterocycles. The standard InChI is InChI=1S/C13H17N2O3/c1-12(2)13(3,4)15(18)11(14(12)17)9-7-5-6-8-10(9)16/h5-8,16H,1-4H3/i1D3,2D3,3D3,4D3,5D,6D,7D,8D. The first-order valence-corrected chi connectivity index (χ1v) is 4.48. The number of amidine groups is 1. The van der Waals surface area contributed by atoms with E-state index in [-0.39, 0.29) is 0 Å². The predicted molar refractivity (Wildman–Crippen MR) is 66.5 cm³/mol. The van der Waals surface area contributed by atoms with Gasteiger partial charge in [0.05, 0.1) is 5.48 Å². The van der Waals surface area contributed by atoms with Crippen molar-refractivity contribution in [3.05, 3.63) is 34.9 Å². The quantitative estimate of drug-likeness (QED) is 0.622. The average Bonchev–Trinajstić information content (AvgIpc) is 2.84. The lowest BCUT2D eigenvalue weighted by Crippen LogP contribution is -2.53. The maximum absolute atomic E-state index is 13.5. The first kappa shape index (κ1) is 3.42. The number of phenolic OH excluding ortho intramolecular Hbond substituents is 1. The van der Waals surface area contributed by atoms with Crippen LogP contribution in [-0.4, -0.2) is 31.8 Å². The minimum absolute atomic E-state index is 1.07. The van der Waals surface area contributed by atoms with Crippen LogP contribution in [0.1, 0.15) is 54.9 Å². The van der Waals surface area contributed by atoms with E-state index in [1.54, 1.807) is 0 Å². The van der Waals surface area contributed by atoms with Crippen molar-refractivity contribution in [3.8, 4) is 5.75 Å². The largest absolute Gasteiger partial charge is 0.714 e. The van der Waals surface area contributed by atoms with E-state index in [1.165, 1.54) is 0 Å². The number of hydrogen-bond donors (Lipinski definition) is 1. The van der Waals surface area contributed by atoms with E-state index in [2.05, 4.69) is 0 Å². The minimum Gasteiger partial charge on any atom is -0.714 e. The third-order valence-electron chi connectivity index (χ3n) is 2.41. The van der Waals surface area contributed by atoms with Gasteiger partial charge >= 0.3 is 5.84 Å². The van der Waals surface area contributed by atoms with Crippen molar-refractivity contribution >= 4 is 5.84 Å². The predicted octanol–water partition coefficient (Wildman–Crippen LogP) is 1.87. The maximum Gasteiger partial charge on any atom is 0.320 e. The van der Waals surface area contributed by atoms with E-state index in [4.69, 9.17) is 21.9 Å². The summed E-state index contributed by atoms with van der Waals surface area (Å²) in [5.41, 5.74) is -10.5. The summed E-state index contributed by atoms with van der Waals surface area (Å²) < 4.78 is 123. The smallest absolute Gasteiger partial charge is 0.320 e. The third kappa shape index (κ3) is 1.40. The van der Waals surface area contributed by atoms with Gasteiger partial charge in [0.2, 0.25) is 0 Å². The number of benzene rings is 1. The van der Waals surface area contributed by atoms with Crippen molar-refractivity contribution in [1.82, 2.24) is 5.06 Å². The molecule has 0 spiro atoms. The summed E-state index contributed by atoms with van der Waals surface area (Å²) in [6.07, 6.45) is 0. The van der Waals surface area contributed by atoms with Gasteiger partial charge in [0, 0.05) is 21.7 Å². The highest BCUT2D eigenvalue weighted by Crippen LogP contribution is 2.38. The van der Waals surface area contributed by atoms with Crippen LogP contribution in [0.3, 0.4) is 0 Å². The molecule has 1 heterocycles. The summed E-state index contributed by atoms with van der Waals surface area (Å²) in [5.74, 6) is -3.47. The van der Waals surface area contributed by atoms with Crippen molar-refractivity contribution < 1.29 is 37.0 Å². The molecule has 5 heteroatoms. The molecule has 2 rings (SSSR count). The second kappa shape index (κ2) is 3.62. The summed E-state index contributed by atoms with van der Waals surface area (Å²) in [6, 6.07) is -4.86. The van der Waals surface area contributed by atoms with Gasteiger partial charge in [-0.25, -0.2) is 0 Å². The van der Waals surface area contributed by atoms with Crippen molar-refractivity contribution in [2.45, 2.75) is 38.5 Å². The highest BCUT2D eigenvalue weighted by molar-refractivity contribution is 5.98. The molecule has 97 valence electrons. The summed E-state index contributed by atoms with van der Waals surface area (Å²) >= 11 is 0. The number of phenols is 1. The molecule has 0 unspecified atom stereocenters. The average molecular weight is 265 g/mol. The molecule has 1 radical (unpaired) electrons. The van der Waals surface area contributed by atoms with Crippen LogP contribution < -0.4 is 0 Å². The zero-order chi connectivity index (χ0) is 27.2. The summed E-state index contributed by atoms with van der Waals surface area (Å²) in [4.78, 5) is 0. The first-order valence-electron chi connectivity index (χ1n) is 12.5. The van der Waals surface area contributed by atoms with Gasteiger partial charge < -0.3 is 10.3 Å². The Hall–Kier alpha value is -1.75. The van der Waals surface area contributed by atoms with Gasteiger partial charge in [0.15, 0.2) is 5.54 Å². The Labute approximate surface area is 129 Å². The van der Waals surface area contributed by atoms with Crippen molar-refractivity contribution in [1.29, 1.82) is 0 Å². The highest BCUT2D eigenvalue weighted by atomic mass is 16.5. The maximum atomic E-state index is 13.5. The van der Waals surface area contributed by atoms with Gasteiger partial charge in [-0.15, -0.1) is 0 Å². The summed E-state index contributed by atoms with van der Waals surface area (Å²) in [5, 5.41) is 36.1. The lowest BCUT2D eigenvalue weighted by atomic mass is 9.84. The number of aromatic hydroxyl groups is 1. The van der Waals surface area contributed by atoms with E-state index >= 15 is 0 Å². The fraction of sp³-hybridized carbons (Fsp3) is 0.462. The van der Waals surface area contributed by atoms with Gasteiger partial charge in [-0.1, -0.05) is 17.1 Å². The summed E-state index contributed by atoms with van der Waals surface area (Å²) in [6.45, 7) is -17.2. The first-order chi connectivity index (χ1) is 14.9. The topological polar surface area (TPSA) is 69.4 Å². The number of hydroxylamine groups is 3. The number of hydrogen-bond acceptors (Lipinski definition) is 3. The molecule has 0 saturated carbocycles. The fourth-order valence-electron chi connectivity index (χ4n) is 1.36. The van der Waals surface area contributed by atoms with Crippen LogP contribution in [-0.2, 0) is 5.21 Å². The fourth-order valence-corrected chi connectivity index (χ4v) is 1.36. The summed E-state index contributed by atoms with van der Waals surface area (Å²) in [7, 11) is 0. The Bertz CT molecular complexity index is 994. The lowest BCUT2D eigenvalue weighted by Gasteiger charge is -2.32. The zero-order valence-electron chi connectivity index (χ0n) is 24.7. The van der Waals surface area contributed by atoms with Crippen LogP contribution in [0, 0.1) is 5.21 Å². The van der Waals surface area contributed by atoms with Gasteiger partial charge in [0.25, 0.3) is 0 Å². The van der Waals surface area contributed by atoms with Crippen LogP contribution in [0.5, 0.6) is 5.75 Å². The lowest BCUT2D eigenvalue weighted by molar-refractivity contribution is -0.539. The van der Waals surface area contributed by atoms with E-state index in [9.17, 15) is 15.5 Å². The third-order valence-corrected chi connectivity index (χ3v) is 2.41. The van der Waals surface area contributed by atoms with Crippen LogP contribution in [0.4, 0.5) is 0 Å². The normalized spacial score (nSPS) is 37.3. The highest BCUT2D eigenvalue weighted by Gasteiger charge is 2.60. The minimum atomic E-state index is -4.51. The Kier molecular flexibility index (Phi) is 0.687. The van der Waals surface area contributed by atoms with E-state index in [0.29, 0.717) is 0 Å². The van der Waals surface area contributed by atoms with Crippen molar-refractivity contribution in [3.63, 3.8) is 0 Å². The Morgan fingerprint density at radius 2 is 2.06 bits per heavy atom. The SMILES string of the molecule is [2H]c1c([2H])c([2H])c(C2=[N+]([O-])C(C([2H])([2H])[2H])(C([2H])([2H])[2H])C(C([2H])([2H])[2H])(C([2H])([2H])[2H])N2[O])c(O)c1[2H]. The molecular weight excluding hydrogens is 232 g/mol. The Morgan fingerprint density at radius 1 is 1.39 bits per heavy atom. The second-order valence-corrected chi connectivity index (χ2v) is 3.56. The molecule has 0 amide bonds. The molecular formula is C13H17N2O3. The Balaban J connectivity index is 3.38. The zero-order valence-corrected chi connectivity index (χ0v) is 8.66. The number of rotatable bonds is 1. The molecule has 1 aromatic rings. The molecule has 1 aromatic carbocycles. The molecule has 0 atom stereocenters. The molecule has 0 aromatic heterocycles.